The Hall–Kier alpha value is -0.940. The summed E-state index contributed by atoms with van der Waals surface area (Å²) < 4.78 is 10.9. The number of hydrogen-bond donors (Lipinski definition) is 1. The lowest BCUT2D eigenvalue weighted by Crippen LogP contribution is -2.29. The molecule has 1 atom stereocenters. The monoisotopic (exact) mass is 255 g/mol. The largest absolute Gasteiger partial charge is 0.370 e. The fourth-order valence-electron chi connectivity index (χ4n) is 2.13. The highest BCUT2D eigenvalue weighted by atomic mass is 16.5. The normalized spacial score (nSPS) is 13.8. The SMILES string of the molecule is CCC(Cc1nc(C(CC)(CC)OC)no1)NC. The van der Waals surface area contributed by atoms with E-state index in [0.717, 1.165) is 25.7 Å². The second-order valence-corrected chi connectivity index (χ2v) is 4.52. The van der Waals surface area contributed by atoms with Crippen LogP contribution in [0.2, 0.25) is 0 Å². The van der Waals surface area contributed by atoms with Crippen LogP contribution in [0.15, 0.2) is 4.52 Å². The molecule has 0 aliphatic heterocycles. The molecule has 0 aliphatic rings. The van der Waals surface area contributed by atoms with Gasteiger partial charge in [0.05, 0.1) is 0 Å². The summed E-state index contributed by atoms with van der Waals surface area (Å²) in [5.41, 5.74) is -0.414. The Morgan fingerprint density at radius 1 is 1.33 bits per heavy atom. The lowest BCUT2D eigenvalue weighted by molar-refractivity contribution is -0.0306. The van der Waals surface area contributed by atoms with Crippen LogP contribution >= 0.6 is 0 Å². The smallest absolute Gasteiger partial charge is 0.228 e. The van der Waals surface area contributed by atoms with Crippen LogP contribution in [0.1, 0.15) is 51.7 Å². The third-order valence-corrected chi connectivity index (χ3v) is 3.73. The van der Waals surface area contributed by atoms with Crippen molar-refractivity contribution < 1.29 is 9.26 Å². The number of aromatic nitrogens is 2. The standard InChI is InChI=1S/C13H25N3O2/c1-6-10(14-4)9-11-15-12(16-18-11)13(7-2,8-3)17-5/h10,14H,6-9H2,1-5H3. The van der Waals surface area contributed by atoms with Gasteiger partial charge in [0.15, 0.2) is 0 Å². The molecule has 1 unspecified atom stereocenters. The van der Waals surface area contributed by atoms with E-state index >= 15 is 0 Å². The molecule has 1 N–H and O–H groups in total. The average Bonchev–Trinajstić information content (AvgIpc) is 2.88. The van der Waals surface area contributed by atoms with Gasteiger partial charge in [-0.05, 0) is 26.3 Å². The maximum absolute atomic E-state index is 5.59. The van der Waals surface area contributed by atoms with Crippen LogP contribution in [-0.4, -0.2) is 30.3 Å². The second-order valence-electron chi connectivity index (χ2n) is 4.52. The van der Waals surface area contributed by atoms with Crippen molar-refractivity contribution in [3.05, 3.63) is 11.7 Å². The van der Waals surface area contributed by atoms with Crippen molar-refractivity contribution >= 4 is 0 Å². The fourth-order valence-corrected chi connectivity index (χ4v) is 2.13. The highest BCUT2D eigenvalue weighted by Crippen LogP contribution is 2.30. The van der Waals surface area contributed by atoms with Crippen LogP contribution in [-0.2, 0) is 16.8 Å². The first kappa shape index (κ1) is 15.1. The van der Waals surface area contributed by atoms with E-state index < -0.39 is 5.60 Å². The predicted molar refractivity (Wildman–Crippen MR) is 70.4 cm³/mol. The minimum atomic E-state index is -0.414. The first-order valence-corrected chi connectivity index (χ1v) is 6.71. The molecular formula is C13H25N3O2. The molecule has 0 bridgehead atoms. The van der Waals surface area contributed by atoms with Gasteiger partial charge in [0.25, 0.3) is 0 Å². The molecule has 1 rings (SSSR count). The Morgan fingerprint density at radius 3 is 2.44 bits per heavy atom. The average molecular weight is 255 g/mol. The van der Waals surface area contributed by atoms with Crippen molar-refractivity contribution in [3.63, 3.8) is 0 Å². The van der Waals surface area contributed by atoms with Crippen LogP contribution in [0.3, 0.4) is 0 Å². The highest BCUT2D eigenvalue weighted by Gasteiger charge is 2.33. The van der Waals surface area contributed by atoms with E-state index in [1.54, 1.807) is 7.11 Å². The Balaban J connectivity index is 2.84. The van der Waals surface area contributed by atoms with E-state index in [9.17, 15) is 0 Å². The van der Waals surface area contributed by atoms with Gasteiger partial charge in [0.1, 0.15) is 5.60 Å². The lowest BCUT2D eigenvalue weighted by atomic mass is 9.96. The third kappa shape index (κ3) is 3.09. The number of nitrogens with one attached hydrogen (secondary N) is 1. The zero-order chi connectivity index (χ0) is 13.6. The number of methoxy groups -OCH3 is 1. The van der Waals surface area contributed by atoms with E-state index in [-0.39, 0.29) is 0 Å². The van der Waals surface area contributed by atoms with Crippen molar-refractivity contribution in [3.8, 4) is 0 Å². The Kier molecular flexibility index (Phi) is 5.75. The van der Waals surface area contributed by atoms with Gasteiger partial charge in [-0.1, -0.05) is 25.9 Å². The molecule has 1 heterocycles. The maximum atomic E-state index is 5.59. The molecule has 104 valence electrons. The summed E-state index contributed by atoms with van der Waals surface area (Å²) in [6.45, 7) is 6.28. The third-order valence-electron chi connectivity index (χ3n) is 3.73. The fraction of sp³-hybridized carbons (Fsp3) is 0.846. The first-order valence-electron chi connectivity index (χ1n) is 6.71. The Labute approximate surface area is 109 Å². The van der Waals surface area contributed by atoms with E-state index in [2.05, 4.69) is 36.2 Å². The van der Waals surface area contributed by atoms with Gasteiger partial charge in [0.2, 0.25) is 11.7 Å². The van der Waals surface area contributed by atoms with Gasteiger partial charge in [0, 0.05) is 19.6 Å². The first-order chi connectivity index (χ1) is 8.65. The van der Waals surface area contributed by atoms with Gasteiger partial charge < -0.3 is 14.6 Å². The predicted octanol–water partition coefficient (Wildman–Crippen LogP) is 2.27. The minimum absolute atomic E-state index is 0.374. The molecule has 0 saturated heterocycles. The summed E-state index contributed by atoms with van der Waals surface area (Å²) in [5, 5.41) is 7.32. The summed E-state index contributed by atoms with van der Waals surface area (Å²) in [5.74, 6) is 1.34. The Bertz CT molecular complexity index is 335. The number of hydrogen-bond acceptors (Lipinski definition) is 5. The molecule has 5 heteroatoms. The molecule has 0 fully saturated rings. The van der Waals surface area contributed by atoms with Crippen LogP contribution in [0.4, 0.5) is 0 Å². The van der Waals surface area contributed by atoms with Crippen LogP contribution in [0, 0.1) is 0 Å². The molecule has 18 heavy (non-hydrogen) atoms. The van der Waals surface area contributed by atoms with Crippen molar-refractivity contribution in [1.82, 2.24) is 15.5 Å². The summed E-state index contributed by atoms with van der Waals surface area (Å²) in [7, 11) is 3.65. The highest BCUT2D eigenvalue weighted by molar-refractivity contribution is 5.01. The van der Waals surface area contributed by atoms with E-state index in [0.29, 0.717) is 17.8 Å². The molecular weight excluding hydrogens is 230 g/mol. The summed E-state index contributed by atoms with van der Waals surface area (Å²) in [6.07, 6.45) is 3.46. The van der Waals surface area contributed by atoms with Crippen molar-refractivity contribution in [2.45, 2.75) is 58.1 Å². The van der Waals surface area contributed by atoms with Gasteiger partial charge >= 0.3 is 0 Å². The second kappa shape index (κ2) is 6.85. The topological polar surface area (TPSA) is 60.2 Å². The van der Waals surface area contributed by atoms with Gasteiger partial charge in [-0.15, -0.1) is 0 Å². The molecule has 5 nitrogen and oxygen atoms in total. The molecule has 0 aliphatic carbocycles. The number of rotatable bonds is 8. The quantitative estimate of drug-likeness (QED) is 0.772. The van der Waals surface area contributed by atoms with Crippen molar-refractivity contribution in [2.24, 2.45) is 0 Å². The Morgan fingerprint density at radius 2 is 2.00 bits per heavy atom. The molecule has 0 amide bonds. The minimum Gasteiger partial charge on any atom is -0.370 e. The van der Waals surface area contributed by atoms with Crippen LogP contribution < -0.4 is 5.32 Å². The summed E-state index contributed by atoms with van der Waals surface area (Å²) in [4.78, 5) is 4.49. The van der Waals surface area contributed by atoms with E-state index in [4.69, 9.17) is 9.26 Å². The lowest BCUT2D eigenvalue weighted by Gasteiger charge is -2.25. The van der Waals surface area contributed by atoms with Crippen molar-refractivity contribution in [2.75, 3.05) is 14.2 Å². The van der Waals surface area contributed by atoms with E-state index in [1.807, 2.05) is 7.05 Å². The molecule has 0 saturated carbocycles. The molecule has 1 aromatic heterocycles. The van der Waals surface area contributed by atoms with E-state index in [1.165, 1.54) is 0 Å². The summed E-state index contributed by atoms with van der Waals surface area (Å²) >= 11 is 0. The maximum Gasteiger partial charge on any atom is 0.228 e. The number of ether oxygens (including phenoxy) is 1. The van der Waals surface area contributed by atoms with Crippen LogP contribution in [0.5, 0.6) is 0 Å². The molecule has 1 aromatic rings. The molecule has 0 aromatic carbocycles. The number of likely N-dealkylation sites (N-methyl/N-ethyl adjacent to an activating group) is 1. The van der Waals surface area contributed by atoms with Gasteiger partial charge in [-0.25, -0.2) is 0 Å². The van der Waals surface area contributed by atoms with Gasteiger partial charge in [-0.2, -0.15) is 4.98 Å². The summed E-state index contributed by atoms with van der Waals surface area (Å²) in [6, 6.07) is 0.374. The molecule has 0 radical (unpaired) electrons. The van der Waals surface area contributed by atoms with Gasteiger partial charge in [-0.3, -0.25) is 0 Å². The number of nitrogens with zero attached hydrogens (tertiary/aromatic N) is 2. The zero-order valence-electron chi connectivity index (χ0n) is 12.1. The zero-order valence-corrected chi connectivity index (χ0v) is 12.1. The van der Waals surface area contributed by atoms with Crippen molar-refractivity contribution in [1.29, 1.82) is 0 Å². The molecule has 0 spiro atoms. The van der Waals surface area contributed by atoms with Crippen LogP contribution in [0.25, 0.3) is 0 Å².